The fourth-order valence-corrected chi connectivity index (χ4v) is 4.50. The van der Waals surface area contributed by atoms with Gasteiger partial charge in [0.05, 0.1) is 10.6 Å². The molecule has 150 valence electrons. The molecule has 0 spiro atoms. The standard InChI is InChI=1S/C22H21F2N3OS/c1-2-27-21(28)20(29-22(27)25-17-8-6-16(23)7-9-17)13-15-5-10-18(14-19(15)24)26-11-3-4-12-26/h5-10,13-14H,2-4,11-12H2,1H3/b20-13+,25-22?. The van der Waals surface area contributed by atoms with Crippen molar-refractivity contribution in [1.29, 1.82) is 0 Å². The number of thioether (sulfide) groups is 1. The third-order valence-corrected chi connectivity index (χ3v) is 6.00. The molecule has 0 bridgehead atoms. The van der Waals surface area contributed by atoms with E-state index in [-0.39, 0.29) is 17.5 Å². The molecule has 0 atom stereocenters. The summed E-state index contributed by atoms with van der Waals surface area (Å²) in [6, 6.07) is 10.9. The molecule has 1 amide bonds. The highest BCUT2D eigenvalue weighted by Gasteiger charge is 2.32. The zero-order valence-electron chi connectivity index (χ0n) is 16.1. The molecule has 0 unspecified atom stereocenters. The maximum Gasteiger partial charge on any atom is 0.266 e. The minimum absolute atomic E-state index is 0.207. The smallest absolute Gasteiger partial charge is 0.266 e. The van der Waals surface area contributed by atoms with Crippen molar-refractivity contribution in [1.82, 2.24) is 4.90 Å². The predicted octanol–water partition coefficient (Wildman–Crippen LogP) is 5.19. The lowest BCUT2D eigenvalue weighted by molar-refractivity contribution is -0.122. The zero-order valence-corrected chi connectivity index (χ0v) is 16.9. The van der Waals surface area contributed by atoms with Gasteiger partial charge in [0.25, 0.3) is 5.91 Å². The van der Waals surface area contributed by atoms with E-state index in [4.69, 9.17) is 0 Å². The van der Waals surface area contributed by atoms with E-state index in [1.807, 2.05) is 13.0 Å². The van der Waals surface area contributed by atoms with Gasteiger partial charge in [-0.25, -0.2) is 13.8 Å². The van der Waals surface area contributed by atoms with Crippen LogP contribution in [-0.4, -0.2) is 35.6 Å². The Bertz CT molecular complexity index is 982. The van der Waals surface area contributed by atoms with E-state index in [0.717, 1.165) is 31.6 Å². The van der Waals surface area contributed by atoms with Gasteiger partial charge in [0.2, 0.25) is 0 Å². The number of hydrogen-bond donors (Lipinski definition) is 0. The van der Waals surface area contributed by atoms with Crippen LogP contribution in [0.1, 0.15) is 25.3 Å². The average molecular weight is 413 g/mol. The maximum absolute atomic E-state index is 14.7. The summed E-state index contributed by atoms with van der Waals surface area (Å²) in [6.07, 6.45) is 3.83. The molecule has 0 N–H and O–H groups in total. The van der Waals surface area contributed by atoms with Gasteiger partial charge in [-0.05, 0) is 80.1 Å². The maximum atomic E-state index is 14.7. The van der Waals surface area contributed by atoms with Gasteiger partial charge in [-0.3, -0.25) is 9.69 Å². The number of amidine groups is 1. The van der Waals surface area contributed by atoms with Crippen LogP contribution in [0.5, 0.6) is 0 Å². The van der Waals surface area contributed by atoms with Crippen LogP contribution in [0, 0.1) is 11.6 Å². The Morgan fingerprint density at radius 1 is 1.10 bits per heavy atom. The Kier molecular flexibility index (Phi) is 5.67. The van der Waals surface area contributed by atoms with Crippen molar-refractivity contribution >= 4 is 40.3 Å². The Hall–Kier alpha value is -2.67. The van der Waals surface area contributed by atoms with Crippen molar-refractivity contribution < 1.29 is 13.6 Å². The molecular weight excluding hydrogens is 392 g/mol. The summed E-state index contributed by atoms with van der Waals surface area (Å²) in [6.45, 7) is 4.19. The van der Waals surface area contributed by atoms with E-state index in [9.17, 15) is 13.6 Å². The molecule has 2 aromatic carbocycles. The largest absolute Gasteiger partial charge is 0.371 e. The summed E-state index contributed by atoms with van der Waals surface area (Å²) in [5.41, 5.74) is 1.81. The number of aliphatic imine (C=N–C) groups is 1. The zero-order chi connectivity index (χ0) is 20.4. The van der Waals surface area contributed by atoms with E-state index < -0.39 is 0 Å². The molecule has 2 fully saturated rings. The fraction of sp³-hybridized carbons (Fsp3) is 0.273. The van der Waals surface area contributed by atoms with Gasteiger partial charge in [0.1, 0.15) is 11.6 Å². The molecule has 7 heteroatoms. The lowest BCUT2D eigenvalue weighted by Gasteiger charge is -2.17. The Morgan fingerprint density at radius 2 is 1.83 bits per heavy atom. The van der Waals surface area contributed by atoms with E-state index in [1.165, 1.54) is 34.9 Å². The molecule has 2 aliphatic rings. The van der Waals surface area contributed by atoms with Crippen LogP contribution < -0.4 is 4.90 Å². The molecule has 2 aromatic rings. The molecule has 4 rings (SSSR count). The Morgan fingerprint density at radius 3 is 2.48 bits per heavy atom. The summed E-state index contributed by atoms with van der Waals surface area (Å²) in [4.78, 5) is 21.3. The van der Waals surface area contributed by atoms with Crippen LogP contribution in [-0.2, 0) is 4.79 Å². The molecule has 29 heavy (non-hydrogen) atoms. The van der Waals surface area contributed by atoms with Gasteiger partial charge < -0.3 is 4.90 Å². The van der Waals surface area contributed by atoms with Gasteiger partial charge in [0, 0.05) is 30.9 Å². The van der Waals surface area contributed by atoms with Gasteiger partial charge in [-0.1, -0.05) is 0 Å². The molecular formula is C22H21F2N3OS. The Balaban J connectivity index is 1.60. The third kappa shape index (κ3) is 4.19. The number of halogens is 2. The summed E-state index contributed by atoms with van der Waals surface area (Å²) >= 11 is 1.20. The van der Waals surface area contributed by atoms with Crippen molar-refractivity contribution in [2.45, 2.75) is 19.8 Å². The molecule has 0 saturated carbocycles. The quantitative estimate of drug-likeness (QED) is 0.648. The predicted molar refractivity (Wildman–Crippen MR) is 114 cm³/mol. The van der Waals surface area contributed by atoms with E-state index in [2.05, 4.69) is 9.89 Å². The van der Waals surface area contributed by atoms with Crippen molar-refractivity contribution in [2.75, 3.05) is 24.5 Å². The first-order valence-corrected chi connectivity index (χ1v) is 10.5. The molecule has 2 saturated heterocycles. The first-order valence-electron chi connectivity index (χ1n) is 9.65. The van der Waals surface area contributed by atoms with Gasteiger partial charge in [-0.2, -0.15) is 0 Å². The van der Waals surface area contributed by atoms with E-state index >= 15 is 0 Å². The van der Waals surface area contributed by atoms with Gasteiger partial charge >= 0.3 is 0 Å². The monoisotopic (exact) mass is 413 g/mol. The number of anilines is 1. The second-order valence-corrected chi connectivity index (χ2v) is 7.94. The van der Waals surface area contributed by atoms with Gasteiger partial charge in [-0.15, -0.1) is 0 Å². The number of carbonyl (C=O) groups is 1. The van der Waals surface area contributed by atoms with Crippen LogP contribution in [0.25, 0.3) is 6.08 Å². The minimum Gasteiger partial charge on any atom is -0.371 e. The second-order valence-electron chi connectivity index (χ2n) is 6.93. The summed E-state index contributed by atoms with van der Waals surface area (Å²) in [5.74, 6) is -0.895. The average Bonchev–Trinajstić information content (AvgIpc) is 3.34. The third-order valence-electron chi connectivity index (χ3n) is 5.00. The van der Waals surface area contributed by atoms with E-state index in [0.29, 0.717) is 27.9 Å². The number of amides is 1. The van der Waals surface area contributed by atoms with Crippen molar-refractivity contribution in [2.24, 2.45) is 4.99 Å². The SMILES string of the molecule is CCN1C(=O)/C(=C\c2ccc(N3CCCC3)cc2F)SC1=Nc1ccc(F)cc1. The highest BCUT2D eigenvalue weighted by atomic mass is 32.2. The molecule has 2 aliphatic heterocycles. The number of likely N-dealkylation sites (N-methyl/N-ethyl adjacent to an activating group) is 1. The minimum atomic E-state index is -0.345. The molecule has 0 aromatic heterocycles. The number of nitrogens with zero attached hydrogens (tertiary/aromatic N) is 3. The number of carbonyl (C=O) groups excluding carboxylic acids is 1. The van der Waals surface area contributed by atoms with Crippen LogP contribution in [0.15, 0.2) is 52.4 Å². The van der Waals surface area contributed by atoms with Crippen LogP contribution >= 0.6 is 11.8 Å². The number of rotatable bonds is 4. The second kappa shape index (κ2) is 8.37. The number of benzene rings is 2. The lowest BCUT2D eigenvalue weighted by atomic mass is 10.1. The fourth-order valence-electron chi connectivity index (χ4n) is 3.44. The molecule has 2 heterocycles. The topological polar surface area (TPSA) is 35.9 Å². The molecule has 4 nitrogen and oxygen atoms in total. The number of hydrogen-bond acceptors (Lipinski definition) is 4. The van der Waals surface area contributed by atoms with Crippen molar-refractivity contribution in [3.63, 3.8) is 0 Å². The van der Waals surface area contributed by atoms with Crippen LogP contribution in [0.3, 0.4) is 0 Å². The molecule has 0 radical (unpaired) electrons. The van der Waals surface area contributed by atoms with Crippen LogP contribution in [0.2, 0.25) is 0 Å². The lowest BCUT2D eigenvalue weighted by Crippen LogP contribution is -2.28. The van der Waals surface area contributed by atoms with Crippen LogP contribution in [0.4, 0.5) is 20.2 Å². The first kappa shape index (κ1) is 19.6. The summed E-state index contributed by atoms with van der Waals surface area (Å²) < 4.78 is 27.8. The van der Waals surface area contributed by atoms with Crippen molar-refractivity contribution in [3.8, 4) is 0 Å². The Labute approximate surface area is 172 Å². The van der Waals surface area contributed by atoms with Gasteiger partial charge in [0.15, 0.2) is 5.17 Å². The molecule has 0 aliphatic carbocycles. The highest BCUT2D eigenvalue weighted by molar-refractivity contribution is 8.18. The van der Waals surface area contributed by atoms with Crippen molar-refractivity contribution in [3.05, 3.63) is 64.6 Å². The summed E-state index contributed by atoms with van der Waals surface area (Å²) in [7, 11) is 0. The highest BCUT2D eigenvalue weighted by Crippen LogP contribution is 2.35. The summed E-state index contributed by atoms with van der Waals surface area (Å²) in [5, 5.41) is 0.504. The normalized spacial score (nSPS) is 19.8. The first-order chi connectivity index (χ1) is 14.0. The van der Waals surface area contributed by atoms with E-state index in [1.54, 1.807) is 24.3 Å².